The number of anilines is 1. The molecule has 0 bridgehead atoms. The van der Waals surface area contributed by atoms with Gasteiger partial charge in [0.05, 0.1) is 5.56 Å². The molecule has 0 aliphatic rings. The number of carbonyl (C=O) groups is 1. The molecule has 0 saturated carbocycles. The number of amides is 1. The lowest BCUT2D eigenvalue weighted by atomic mass is 10.0. The van der Waals surface area contributed by atoms with Crippen molar-refractivity contribution in [1.82, 2.24) is 0 Å². The monoisotopic (exact) mass is 477 g/mol. The Balaban J connectivity index is 1.95. The summed E-state index contributed by atoms with van der Waals surface area (Å²) >= 11 is 5.59. The lowest BCUT2D eigenvalue weighted by Gasteiger charge is -2.12. The first kappa shape index (κ1) is 16.2. The van der Waals surface area contributed by atoms with Crippen molar-refractivity contribution in [3.63, 3.8) is 0 Å². The third kappa shape index (κ3) is 3.82. The van der Waals surface area contributed by atoms with E-state index in [2.05, 4.69) is 43.8 Å². The lowest BCUT2D eigenvalue weighted by molar-refractivity contribution is 0.102. The van der Waals surface area contributed by atoms with Gasteiger partial charge in [-0.2, -0.15) is 0 Å². The number of benzene rings is 3. The molecular weight excluding hydrogens is 465 g/mol. The molecule has 114 valence electrons. The second-order valence-corrected chi connectivity index (χ2v) is 7.07. The van der Waals surface area contributed by atoms with E-state index in [-0.39, 0.29) is 5.91 Å². The molecule has 2 nitrogen and oxygen atoms in total. The van der Waals surface area contributed by atoms with Crippen LogP contribution in [0, 0.1) is 3.57 Å². The van der Waals surface area contributed by atoms with Gasteiger partial charge in [0.15, 0.2) is 0 Å². The topological polar surface area (TPSA) is 29.1 Å². The van der Waals surface area contributed by atoms with Gasteiger partial charge >= 0.3 is 0 Å². The molecule has 4 heteroatoms. The smallest absolute Gasteiger partial charge is 0.256 e. The molecule has 0 heterocycles. The predicted molar refractivity (Wildman–Crippen MR) is 107 cm³/mol. The Kier molecular flexibility index (Phi) is 5.13. The van der Waals surface area contributed by atoms with E-state index in [4.69, 9.17) is 0 Å². The number of para-hydroxylation sites is 1. The van der Waals surface area contributed by atoms with Gasteiger partial charge in [-0.05, 0) is 52.4 Å². The normalized spacial score (nSPS) is 10.3. The summed E-state index contributed by atoms with van der Waals surface area (Å²) in [7, 11) is 0. The zero-order valence-corrected chi connectivity index (χ0v) is 15.8. The van der Waals surface area contributed by atoms with Gasteiger partial charge in [0.25, 0.3) is 5.91 Å². The Morgan fingerprint density at radius 1 is 0.913 bits per heavy atom. The molecule has 0 radical (unpaired) electrons. The van der Waals surface area contributed by atoms with Crippen molar-refractivity contribution in [2.24, 2.45) is 0 Å². The first-order valence-electron chi connectivity index (χ1n) is 7.06. The van der Waals surface area contributed by atoms with E-state index in [0.717, 1.165) is 24.9 Å². The molecule has 0 spiro atoms. The number of halogens is 2. The van der Waals surface area contributed by atoms with Crippen molar-refractivity contribution in [2.45, 2.75) is 0 Å². The molecule has 0 aliphatic heterocycles. The first-order chi connectivity index (χ1) is 11.1. The number of hydrogen-bond acceptors (Lipinski definition) is 1. The zero-order valence-electron chi connectivity index (χ0n) is 12.1. The molecule has 0 fully saturated rings. The van der Waals surface area contributed by atoms with Crippen molar-refractivity contribution in [3.05, 3.63) is 86.4 Å². The van der Waals surface area contributed by atoms with E-state index < -0.39 is 0 Å². The zero-order chi connectivity index (χ0) is 16.2. The molecular formula is C19H13BrINO. The third-order valence-corrected chi connectivity index (χ3v) is 4.87. The van der Waals surface area contributed by atoms with Crippen LogP contribution in [0.15, 0.2) is 77.3 Å². The van der Waals surface area contributed by atoms with Crippen LogP contribution in [0.25, 0.3) is 11.1 Å². The minimum atomic E-state index is -0.112. The van der Waals surface area contributed by atoms with Crippen LogP contribution in [-0.2, 0) is 0 Å². The molecule has 0 atom stereocenters. The van der Waals surface area contributed by atoms with Crippen molar-refractivity contribution >= 4 is 50.1 Å². The summed E-state index contributed by atoms with van der Waals surface area (Å²) in [4.78, 5) is 12.6. The van der Waals surface area contributed by atoms with Gasteiger partial charge in [-0.1, -0.05) is 64.5 Å². The standard InChI is InChI=1S/C19H13BrINO/c20-14-10-11-17(21)16(12-14)19(23)22-18-9-5-4-8-15(18)13-6-2-1-3-7-13/h1-12H,(H,22,23). The lowest BCUT2D eigenvalue weighted by Crippen LogP contribution is -2.14. The average Bonchev–Trinajstić information content (AvgIpc) is 2.58. The fraction of sp³-hybridized carbons (Fsp3) is 0. The predicted octanol–water partition coefficient (Wildman–Crippen LogP) is 5.97. The van der Waals surface area contributed by atoms with Crippen molar-refractivity contribution in [2.75, 3.05) is 5.32 Å². The number of nitrogens with one attached hydrogen (secondary N) is 1. The van der Waals surface area contributed by atoms with E-state index in [1.807, 2.05) is 72.8 Å². The van der Waals surface area contributed by atoms with E-state index in [9.17, 15) is 4.79 Å². The Hall–Kier alpha value is -1.66. The average molecular weight is 478 g/mol. The van der Waals surface area contributed by atoms with Crippen LogP contribution >= 0.6 is 38.5 Å². The van der Waals surface area contributed by atoms with Crippen molar-refractivity contribution < 1.29 is 4.79 Å². The second kappa shape index (κ2) is 7.27. The van der Waals surface area contributed by atoms with Crippen LogP contribution in [0.1, 0.15) is 10.4 Å². The third-order valence-electron chi connectivity index (χ3n) is 3.43. The molecule has 3 aromatic rings. The van der Waals surface area contributed by atoms with Crippen molar-refractivity contribution in [1.29, 1.82) is 0 Å². The van der Waals surface area contributed by atoms with Crippen LogP contribution in [0.5, 0.6) is 0 Å². The molecule has 1 amide bonds. The van der Waals surface area contributed by atoms with Gasteiger partial charge in [-0.3, -0.25) is 4.79 Å². The van der Waals surface area contributed by atoms with E-state index in [1.165, 1.54) is 0 Å². The summed E-state index contributed by atoms with van der Waals surface area (Å²) in [6.45, 7) is 0. The van der Waals surface area contributed by atoms with Gasteiger partial charge < -0.3 is 5.32 Å². The maximum Gasteiger partial charge on any atom is 0.256 e. The van der Waals surface area contributed by atoms with Crippen LogP contribution in [-0.4, -0.2) is 5.91 Å². The first-order valence-corrected chi connectivity index (χ1v) is 8.93. The molecule has 0 aromatic heterocycles. The summed E-state index contributed by atoms with van der Waals surface area (Å²) in [6, 6.07) is 23.5. The summed E-state index contributed by atoms with van der Waals surface area (Å²) in [6.07, 6.45) is 0. The van der Waals surface area contributed by atoms with Crippen LogP contribution in [0.3, 0.4) is 0 Å². The van der Waals surface area contributed by atoms with Crippen molar-refractivity contribution in [3.8, 4) is 11.1 Å². The second-order valence-electron chi connectivity index (χ2n) is 4.99. The maximum atomic E-state index is 12.6. The molecule has 1 N–H and O–H groups in total. The van der Waals surface area contributed by atoms with E-state index in [1.54, 1.807) is 0 Å². The highest BCUT2D eigenvalue weighted by Gasteiger charge is 2.13. The molecule has 0 aliphatic carbocycles. The minimum Gasteiger partial charge on any atom is -0.321 e. The molecule has 0 saturated heterocycles. The Bertz CT molecular complexity index is 849. The number of hydrogen-bond donors (Lipinski definition) is 1. The number of carbonyl (C=O) groups excluding carboxylic acids is 1. The molecule has 0 unspecified atom stereocenters. The largest absolute Gasteiger partial charge is 0.321 e. The van der Waals surface area contributed by atoms with Gasteiger partial charge in [0, 0.05) is 19.3 Å². The Morgan fingerprint density at radius 3 is 2.39 bits per heavy atom. The van der Waals surface area contributed by atoms with E-state index >= 15 is 0 Å². The summed E-state index contributed by atoms with van der Waals surface area (Å²) in [5, 5.41) is 3.03. The Morgan fingerprint density at radius 2 is 1.61 bits per heavy atom. The van der Waals surface area contributed by atoms with Crippen LogP contribution in [0.2, 0.25) is 0 Å². The minimum absolute atomic E-state index is 0.112. The summed E-state index contributed by atoms with van der Waals surface area (Å²) < 4.78 is 1.81. The van der Waals surface area contributed by atoms with Gasteiger partial charge in [0.2, 0.25) is 0 Å². The summed E-state index contributed by atoms with van der Waals surface area (Å²) in [5.41, 5.74) is 3.54. The van der Waals surface area contributed by atoms with Gasteiger partial charge in [-0.25, -0.2) is 0 Å². The van der Waals surface area contributed by atoms with E-state index in [0.29, 0.717) is 5.56 Å². The Labute approximate surface area is 157 Å². The maximum absolute atomic E-state index is 12.6. The molecule has 23 heavy (non-hydrogen) atoms. The van der Waals surface area contributed by atoms with Gasteiger partial charge in [0.1, 0.15) is 0 Å². The fourth-order valence-electron chi connectivity index (χ4n) is 2.32. The number of rotatable bonds is 3. The summed E-state index contributed by atoms with van der Waals surface area (Å²) in [5.74, 6) is -0.112. The molecule has 3 aromatic carbocycles. The highest BCUT2D eigenvalue weighted by Crippen LogP contribution is 2.28. The van der Waals surface area contributed by atoms with Crippen LogP contribution in [0.4, 0.5) is 5.69 Å². The SMILES string of the molecule is O=C(Nc1ccccc1-c1ccccc1)c1cc(Br)ccc1I. The highest BCUT2D eigenvalue weighted by atomic mass is 127. The van der Waals surface area contributed by atoms with Gasteiger partial charge in [-0.15, -0.1) is 0 Å². The molecule has 3 rings (SSSR count). The fourth-order valence-corrected chi connectivity index (χ4v) is 3.26. The highest BCUT2D eigenvalue weighted by molar-refractivity contribution is 14.1. The quantitative estimate of drug-likeness (QED) is 0.462. The van der Waals surface area contributed by atoms with Crippen LogP contribution < -0.4 is 5.32 Å².